The SMILES string of the molecule is CCOC(=O)c1nnn(Cc2nnc(C)o2)c1CC(C)C. The highest BCUT2D eigenvalue weighted by atomic mass is 16.5. The van der Waals surface area contributed by atoms with Crippen LogP contribution >= 0.6 is 0 Å². The van der Waals surface area contributed by atoms with E-state index in [9.17, 15) is 4.79 Å². The van der Waals surface area contributed by atoms with E-state index < -0.39 is 5.97 Å². The van der Waals surface area contributed by atoms with E-state index in [-0.39, 0.29) is 12.2 Å². The van der Waals surface area contributed by atoms with Gasteiger partial charge in [0, 0.05) is 6.92 Å². The van der Waals surface area contributed by atoms with Gasteiger partial charge in [-0.25, -0.2) is 9.48 Å². The number of carbonyl (C=O) groups excluding carboxylic acids is 1. The Hall–Kier alpha value is -2.25. The van der Waals surface area contributed by atoms with Crippen molar-refractivity contribution in [2.45, 2.75) is 40.7 Å². The molecule has 21 heavy (non-hydrogen) atoms. The van der Waals surface area contributed by atoms with Crippen molar-refractivity contribution in [2.75, 3.05) is 6.61 Å². The van der Waals surface area contributed by atoms with Crippen molar-refractivity contribution in [3.8, 4) is 0 Å². The fourth-order valence-electron chi connectivity index (χ4n) is 1.94. The molecule has 2 heterocycles. The predicted octanol–water partition coefficient (Wildman–Crippen LogP) is 1.39. The van der Waals surface area contributed by atoms with Crippen LogP contribution in [0.5, 0.6) is 0 Å². The maximum atomic E-state index is 11.9. The van der Waals surface area contributed by atoms with Gasteiger partial charge in [-0.05, 0) is 19.3 Å². The van der Waals surface area contributed by atoms with E-state index in [1.165, 1.54) is 0 Å². The van der Waals surface area contributed by atoms with Crippen LogP contribution in [-0.2, 0) is 17.7 Å². The predicted molar refractivity (Wildman–Crippen MR) is 72.7 cm³/mol. The van der Waals surface area contributed by atoms with Crippen molar-refractivity contribution in [2.24, 2.45) is 5.92 Å². The lowest BCUT2D eigenvalue weighted by Crippen LogP contribution is -2.13. The van der Waals surface area contributed by atoms with E-state index in [0.29, 0.717) is 30.7 Å². The molecule has 0 N–H and O–H groups in total. The smallest absolute Gasteiger partial charge is 0.360 e. The van der Waals surface area contributed by atoms with Gasteiger partial charge >= 0.3 is 5.97 Å². The molecule has 0 radical (unpaired) electrons. The Labute approximate surface area is 122 Å². The second kappa shape index (κ2) is 6.47. The van der Waals surface area contributed by atoms with E-state index in [1.807, 2.05) is 0 Å². The molecule has 114 valence electrons. The fraction of sp³-hybridized carbons (Fsp3) is 0.615. The fourth-order valence-corrected chi connectivity index (χ4v) is 1.94. The lowest BCUT2D eigenvalue weighted by atomic mass is 10.1. The first-order valence-corrected chi connectivity index (χ1v) is 6.89. The lowest BCUT2D eigenvalue weighted by molar-refractivity contribution is 0.0517. The van der Waals surface area contributed by atoms with Crippen LogP contribution in [0.3, 0.4) is 0 Å². The van der Waals surface area contributed by atoms with Crippen LogP contribution in [-0.4, -0.2) is 37.8 Å². The van der Waals surface area contributed by atoms with Gasteiger partial charge in [-0.3, -0.25) is 0 Å². The highest BCUT2D eigenvalue weighted by molar-refractivity contribution is 5.88. The number of aryl methyl sites for hydroxylation is 1. The van der Waals surface area contributed by atoms with Crippen molar-refractivity contribution in [3.63, 3.8) is 0 Å². The van der Waals surface area contributed by atoms with Crippen LogP contribution in [0.15, 0.2) is 4.42 Å². The summed E-state index contributed by atoms with van der Waals surface area (Å²) in [6.07, 6.45) is 0.661. The third-order valence-electron chi connectivity index (χ3n) is 2.76. The van der Waals surface area contributed by atoms with E-state index in [1.54, 1.807) is 18.5 Å². The molecular formula is C13H19N5O3. The Balaban J connectivity index is 2.29. The molecule has 0 amide bonds. The third-order valence-corrected chi connectivity index (χ3v) is 2.76. The molecule has 0 atom stereocenters. The highest BCUT2D eigenvalue weighted by Crippen LogP contribution is 2.14. The quantitative estimate of drug-likeness (QED) is 0.742. The molecule has 2 aromatic heterocycles. The van der Waals surface area contributed by atoms with Gasteiger partial charge in [0.05, 0.1) is 12.3 Å². The number of hydrogen-bond donors (Lipinski definition) is 0. The zero-order chi connectivity index (χ0) is 15.4. The first kappa shape index (κ1) is 15.1. The van der Waals surface area contributed by atoms with Crippen molar-refractivity contribution in [1.29, 1.82) is 0 Å². The number of esters is 1. The zero-order valence-corrected chi connectivity index (χ0v) is 12.7. The van der Waals surface area contributed by atoms with Crippen LogP contribution in [0.4, 0.5) is 0 Å². The Bertz CT molecular complexity index is 617. The molecule has 2 rings (SSSR count). The molecule has 0 fully saturated rings. The average Bonchev–Trinajstić information content (AvgIpc) is 2.97. The molecule has 0 aromatic carbocycles. The summed E-state index contributed by atoms with van der Waals surface area (Å²) in [4.78, 5) is 11.9. The minimum Gasteiger partial charge on any atom is -0.461 e. The van der Waals surface area contributed by atoms with E-state index in [2.05, 4.69) is 34.4 Å². The summed E-state index contributed by atoms with van der Waals surface area (Å²) >= 11 is 0. The lowest BCUT2D eigenvalue weighted by Gasteiger charge is -2.08. The number of hydrogen-bond acceptors (Lipinski definition) is 7. The largest absolute Gasteiger partial charge is 0.461 e. The first-order chi connectivity index (χ1) is 10.0. The van der Waals surface area contributed by atoms with Crippen LogP contribution in [0, 0.1) is 12.8 Å². The first-order valence-electron chi connectivity index (χ1n) is 6.89. The topological polar surface area (TPSA) is 95.9 Å². The van der Waals surface area contributed by atoms with Crippen molar-refractivity contribution >= 4 is 5.97 Å². The van der Waals surface area contributed by atoms with Gasteiger partial charge in [0.25, 0.3) is 0 Å². The molecule has 0 unspecified atom stereocenters. The second-order valence-electron chi connectivity index (χ2n) is 5.08. The maximum Gasteiger partial charge on any atom is 0.360 e. The number of aromatic nitrogens is 5. The number of carbonyl (C=O) groups is 1. The van der Waals surface area contributed by atoms with Crippen LogP contribution in [0.1, 0.15) is 48.7 Å². The van der Waals surface area contributed by atoms with E-state index >= 15 is 0 Å². The minimum absolute atomic E-state index is 0.252. The average molecular weight is 293 g/mol. The Morgan fingerprint density at radius 3 is 2.67 bits per heavy atom. The van der Waals surface area contributed by atoms with Gasteiger partial charge in [-0.15, -0.1) is 15.3 Å². The van der Waals surface area contributed by atoms with Crippen molar-refractivity contribution in [3.05, 3.63) is 23.2 Å². The van der Waals surface area contributed by atoms with Crippen LogP contribution in [0.2, 0.25) is 0 Å². The van der Waals surface area contributed by atoms with E-state index in [0.717, 1.165) is 5.69 Å². The second-order valence-corrected chi connectivity index (χ2v) is 5.08. The van der Waals surface area contributed by atoms with Gasteiger partial charge < -0.3 is 9.15 Å². The summed E-state index contributed by atoms with van der Waals surface area (Å²) in [5, 5.41) is 15.7. The summed E-state index contributed by atoms with van der Waals surface area (Å²) in [7, 11) is 0. The molecule has 0 saturated carbocycles. The van der Waals surface area contributed by atoms with E-state index in [4.69, 9.17) is 9.15 Å². The molecule has 0 aliphatic heterocycles. The summed E-state index contributed by atoms with van der Waals surface area (Å²) in [6, 6.07) is 0. The monoisotopic (exact) mass is 293 g/mol. The molecule has 0 aliphatic rings. The minimum atomic E-state index is -0.457. The molecule has 8 heteroatoms. The molecule has 8 nitrogen and oxygen atoms in total. The number of rotatable bonds is 6. The van der Waals surface area contributed by atoms with Crippen LogP contribution < -0.4 is 0 Å². The summed E-state index contributed by atoms with van der Waals surface area (Å²) in [5.74, 6) is 0.805. The van der Waals surface area contributed by atoms with Crippen LogP contribution in [0.25, 0.3) is 0 Å². The van der Waals surface area contributed by atoms with Gasteiger partial charge in [0.15, 0.2) is 5.69 Å². The molecule has 0 saturated heterocycles. The normalized spacial score (nSPS) is 11.1. The summed E-state index contributed by atoms with van der Waals surface area (Å²) < 4.78 is 12.0. The van der Waals surface area contributed by atoms with Crippen molar-refractivity contribution < 1.29 is 13.9 Å². The van der Waals surface area contributed by atoms with Gasteiger partial charge in [0.2, 0.25) is 11.8 Å². The van der Waals surface area contributed by atoms with Gasteiger partial charge in [-0.2, -0.15) is 0 Å². The Morgan fingerprint density at radius 1 is 1.33 bits per heavy atom. The summed E-state index contributed by atoms with van der Waals surface area (Å²) in [6.45, 7) is 8.18. The molecular weight excluding hydrogens is 274 g/mol. The van der Waals surface area contributed by atoms with Gasteiger partial charge in [-0.1, -0.05) is 19.1 Å². The standard InChI is InChI=1S/C13H19N5O3/c1-5-20-13(19)12-10(6-8(2)3)18(17-16-12)7-11-15-14-9(4)21-11/h8H,5-7H2,1-4H3. The highest BCUT2D eigenvalue weighted by Gasteiger charge is 2.22. The summed E-state index contributed by atoms with van der Waals surface area (Å²) in [5.41, 5.74) is 0.973. The number of ether oxygens (including phenoxy) is 1. The number of nitrogens with zero attached hydrogens (tertiary/aromatic N) is 5. The Kier molecular flexibility index (Phi) is 4.66. The van der Waals surface area contributed by atoms with Gasteiger partial charge in [0.1, 0.15) is 6.54 Å². The molecule has 0 spiro atoms. The molecule has 0 aliphatic carbocycles. The third kappa shape index (κ3) is 3.65. The Morgan fingerprint density at radius 2 is 2.10 bits per heavy atom. The van der Waals surface area contributed by atoms with Crippen molar-refractivity contribution in [1.82, 2.24) is 25.2 Å². The maximum absolute atomic E-state index is 11.9. The molecule has 2 aromatic rings. The molecule has 0 bridgehead atoms. The zero-order valence-electron chi connectivity index (χ0n) is 12.7.